The molecule has 27 heavy (non-hydrogen) atoms. The summed E-state index contributed by atoms with van der Waals surface area (Å²) in [6.07, 6.45) is 0. The standard InChI is InChI=1S/C19H21ClN4O3/c20-16-4-1-3-15(11-16)13-21-19(25)14-22-7-9-23(10-8-22)17-5-2-6-18(12-17)24(26)27/h1-6,11-12H,7-10,13-14H2,(H,21,25). The maximum Gasteiger partial charge on any atom is 0.271 e. The van der Waals surface area contributed by atoms with Gasteiger partial charge < -0.3 is 10.2 Å². The molecule has 2 aromatic carbocycles. The first-order valence-electron chi connectivity index (χ1n) is 8.74. The van der Waals surface area contributed by atoms with Crippen molar-refractivity contribution in [1.82, 2.24) is 10.2 Å². The van der Waals surface area contributed by atoms with E-state index in [1.54, 1.807) is 18.2 Å². The molecule has 1 amide bonds. The molecule has 1 aliphatic rings. The molecule has 0 spiro atoms. The lowest BCUT2D eigenvalue weighted by Crippen LogP contribution is -2.49. The topological polar surface area (TPSA) is 78.7 Å². The number of nitro benzene ring substituents is 1. The first-order chi connectivity index (χ1) is 13.0. The summed E-state index contributed by atoms with van der Waals surface area (Å²) in [5.41, 5.74) is 1.90. The molecule has 2 aromatic rings. The number of nitrogens with one attached hydrogen (secondary N) is 1. The van der Waals surface area contributed by atoms with Crippen LogP contribution in [-0.4, -0.2) is 48.5 Å². The van der Waals surface area contributed by atoms with Gasteiger partial charge in [0.2, 0.25) is 5.91 Å². The fourth-order valence-electron chi connectivity index (χ4n) is 3.07. The van der Waals surface area contributed by atoms with Gasteiger partial charge in [-0.25, -0.2) is 0 Å². The Balaban J connectivity index is 1.46. The van der Waals surface area contributed by atoms with E-state index in [1.165, 1.54) is 6.07 Å². The van der Waals surface area contributed by atoms with Crippen molar-refractivity contribution >= 4 is 28.9 Å². The van der Waals surface area contributed by atoms with Crippen LogP contribution in [0.2, 0.25) is 5.02 Å². The third kappa shape index (κ3) is 5.42. The molecule has 1 heterocycles. The number of halogens is 1. The zero-order chi connectivity index (χ0) is 19.2. The average molecular weight is 389 g/mol. The number of nitro groups is 1. The van der Waals surface area contributed by atoms with E-state index in [0.717, 1.165) is 37.4 Å². The van der Waals surface area contributed by atoms with E-state index in [1.807, 2.05) is 24.3 Å². The van der Waals surface area contributed by atoms with Crippen molar-refractivity contribution in [3.63, 3.8) is 0 Å². The van der Waals surface area contributed by atoms with Gasteiger partial charge in [-0.15, -0.1) is 0 Å². The molecule has 142 valence electrons. The van der Waals surface area contributed by atoms with Crippen molar-refractivity contribution in [1.29, 1.82) is 0 Å². The second kappa shape index (κ2) is 8.83. The SMILES string of the molecule is O=C(CN1CCN(c2cccc([N+](=O)[O-])c2)CC1)NCc1cccc(Cl)c1. The second-order valence-electron chi connectivity index (χ2n) is 6.45. The predicted octanol–water partition coefficient (Wildman–Crippen LogP) is 2.69. The molecule has 7 nitrogen and oxygen atoms in total. The summed E-state index contributed by atoms with van der Waals surface area (Å²) in [4.78, 5) is 26.9. The van der Waals surface area contributed by atoms with Crippen LogP contribution in [0.3, 0.4) is 0 Å². The summed E-state index contributed by atoms with van der Waals surface area (Å²) in [6, 6.07) is 14.1. The Morgan fingerprint density at radius 2 is 1.85 bits per heavy atom. The molecule has 0 saturated carbocycles. The quantitative estimate of drug-likeness (QED) is 0.608. The highest BCUT2D eigenvalue weighted by molar-refractivity contribution is 6.30. The average Bonchev–Trinajstić information content (AvgIpc) is 2.67. The Bertz CT molecular complexity index is 822. The molecule has 0 radical (unpaired) electrons. The normalized spacial score (nSPS) is 14.8. The lowest BCUT2D eigenvalue weighted by Gasteiger charge is -2.35. The minimum Gasteiger partial charge on any atom is -0.369 e. The van der Waals surface area contributed by atoms with Gasteiger partial charge in [0.1, 0.15) is 0 Å². The highest BCUT2D eigenvalue weighted by atomic mass is 35.5. The summed E-state index contributed by atoms with van der Waals surface area (Å²) >= 11 is 5.94. The van der Waals surface area contributed by atoms with Crippen molar-refractivity contribution in [3.8, 4) is 0 Å². The van der Waals surface area contributed by atoms with E-state index >= 15 is 0 Å². The molecule has 0 aromatic heterocycles. The van der Waals surface area contributed by atoms with E-state index in [-0.39, 0.29) is 16.5 Å². The molecule has 0 bridgehead atoms. The van der Waals surface area contributed by atoms with Crippen LogP contribution in [0.15, 0.2) is 48.5 Å². The van der Waals surface area contributed by atoms with Gasteiger partial charge in [-0.1, -0.05) is 29.8 Å². The first kappa shape index (κ1) is 19.1. The lowest BCUT2D eigenvalue weighted by molar-refractivity contribution is -0.384. The number of rotatable bonds is 6. The number of benzene rings is 2. The van der Waals surface area contributed by atoms with Crippen LogP contribution in [0, 0.1) is 10.1 Å². The number of carbonyl (C=O) groups excluding carboxylic acids is 1. The third-order valence-electron chi connectivity index (χ3n) is 4.52. The second-order valence-corrected chi connectivity index (χ2v) is 6.88. The summed E-state index contributed by atoms with van der Waals surface area (Å²) < 4.78 is 0. The first-order valence-corrected chi connectivity index (χ1v) is 9.12. The number of nitrogens with zero attached hydrogens (tertiary/aromatic N) is 3. The van der Waals surface area contributed by atoms with Crippen molar-refractivity contribution in [2.75, 3.05) is 37.6 Å². The molecule has 0 atom stereocenters. The number of hydrogen-bond donors (Lipinski definition) is 1. The number of amides is 1. The van der Waals surface area contributed by atoms with E-state index in [2.05, 4.69) is 15.1 Å². The summed E-state index contributed by atoms with van der Waals surface area (Å²) in [6.45, 7) is 3.70. The van der Waals surface area contributed by atoms with Gasteiger partial charge >= 0.3 is 0 Å². The van der Waals surface area contributed by atoms with E-state index in [0.29, 0.717) is 18.1 Å². The van der Waals surface area contributed by atoms with Gasteiger partial charge in [-0.3, -0.25) is 19.8 Å². The Labute approximate surface area is 162 Å². The zero-order valence-electron chi connectivity index (χ0n) is 14.8. The molecule has 0 unspecified atom stereocenters. The highest BCUT2D eigenvalue weighted by Crippen LogP contribution is 2.22. The third-order valence-corrected chi connectivity index (χ3v) is 4.76. The fourth-order valence-corrected chi connectivity index (χ4v) is 3.29. The van der Waals surface area contributed by atoms with E-state index in [9.17, 15) is 14.9 Å². The molecule has 1 N–H and O–H groups in total. The van der Waals surface area contributed by atoms with Gasteiger partial charge in [-0.05, 0) is 23.8 Å². The fraction of sp³-hybridized carbons (Fsp3) is 0.316. The van der Waals surface area contributed by atoms with Crippen LogP contribution in [-0.2, 0) is 11.3 Å². The molecule has 1 aliphatic heterocycles. The van der Waals surface area contributed by atoms with Crippen LogP contribution in [0.1, 0.15) is 5.56 Å². The van der Waals surface area contributed by atoms with Crippen LogP contribution in [0.4, 0.5) is 11.4 Å². The zero-order valence-corrected chi connectivity index (χ0v) is 15.6. The van der Waals surface area contributed by atoms with Crippen LogP contribution in [0.25, 0.3) is 0 Å². The summed E-state index contributed by atoms with van der Waals surface area (Å²) in [7, 11) is 0. The van der Waals surface area contributed by atoms with Gasteiger partial charge in [0.05, 0.1) is 11.5 Å². The van der Waals surface area contributed by atoms with Crippen molar-refractivity contribution in [2.24, 2.45) is 0 Å². The Morgan fingerprint density at radius 1 is 1.11 bits per heavy atom. The number of hydrogen-bond acceptors (Lipinski definition) is 5. The van der Waals surface area contributed by atoms with Gasteiger partial charge in [-0.2, -0.15) is 0 Å². The number of piperazine rings is 1. The van der Waals surface area contributed by atoms with Crippen molar-refractivity contribution < 1.29 is 9.72 Å². The van der Waals surface area contributed by atoms with Crippen LogP contribution in [0.5, 0.6) is 0 Å². The van der Waals surface area contributed by atoms with Crippen LogP contribution < -0.4 is 10.2 Å². The molecule has 1 fully saturated rings. The lowest BCUT2D eigenvalue weighted by atomic mass is 10.2. The van der Waals surface area contributed by atoms with Crippen molar-refractivity contribution in [3.05, 3.63) is 69.2 Å². The Hall–Kier alpha value is -2.64. The summed E-state index contributed by atoms with van der Waals surface area (Å²) in [5.74, 6) is -0.0289. The summed E-state index contributed by atoms with van der Waals surface area (Å²) in [5, 5.41) is 14.5. The predicted molar refractivity (Wildman–Crippen MR) is 105 cm³/mol. The smallest absolute Gasteiger partial charge is 0.271 e. The molecule has 0 aliphatic carbocycles. The van der Waals surface area contributed by atoms with E-state index < -0.39 is 0 Å². The number of carbonyl (C=O) groups is 1. The van der Waals surface area contributed by atoms with Gasteiger partial charge in [0.25, 0.3) is 5.69 Å². The Morgan fingerprint density at radius 3 is 2.56 bits per heavy atom. The largest absolute Gasteiger partial charge is 0.369 e. The minimum absolute atomic E-state index is 0.0289. The van der Waals surface area contributed by atoms with Gasteiger partial charge in [0, 0.05) is 55.6 Å². The van der Waals surface area contributed by atoms with Gasteiger partial charge in [0.15, 0.2) is 0 Å². The molecular weight excluding hydrogens is 368 g/mol. The Kier molecular flexibility index (Phi) is 6.26. The number of anilines is 1. The highest BCUT2D eigenvalue weighted by Gasteiger charge is 2.20. The molecule has 1 saturated heterocycles. The maximum absolute atomic E-state index is 12.2. The monoisotopic (exact) mass is 388 g/mol. The minimum atomic E-state index is -0.385. The van der Waals surface area contributed by atoms with Crippen LogP contribution >= 0.6 is 11.6 Å². The molecule has 3 rings (SSSR count). The molecule has 8 heteroatoms. The van der Waals surface area contributed by atoms with Crippen molar-refractivity contribution in [2.45, 2.75) is 6.54 Å². The number of non-ortho nitro benzene ring substituents is 1. The molecular formula is C19H21ClN4O3. The maximum atomic E-state index is 12.2. The van der Waals surface area contributed by atoms with E-state index in [4.69, 9.17) is 11.6 Å².